The summed E-state index contributed by atoms with van der Waals surface area (Å²) >= 11 is 6.05. The molecule has 1 atom stereocenters. The summed E-state index contributed by atoms with van der Waals surface area (Å²) in [6.45, 7) is 0.946. The molecule has 0 spiro atoms. The number of halogens is 1. The minimum absolute atomic E-state index is 0.000483. The van der Waals surface area contributed by atoms with Gasteiger partial charge in [-0.2, -0.15) is 0 Å². The molecule has 1 unspecified atom stereocenters. The maximum absolute atomic E-state index is 12.3. The van der Waals surface area contributed by atoms with Gasteiger partial charge in [0.25, 0.3) is 0 Å². The van der Waals surface area contributed by atoms with Gasteiger partial charge in [0.15, 0.2) is 0 Å². The largest absolute Gasteiger partial charge is 0.481 e. The summed E-state index contributed by atoms with van der Waals surface area (Å²) in [6, 6.07) is 6.89. The van der Waals surface area contributed by atoms with Crippen LogP contribution < -0.4 is 5.32 Å². The van der Waals surface area contributed by atoms with E-state index in [2.05, 4.69) is 5.32 Å². The highest BCUT2D eigenvalue weighted by molar-refractivity contribution is 6.31. The Hall–Kier alpha value is -1.75. The molecule has 0 aliphatic carbocycles. The molecule has 1 heterocycles. The van der Waals surface area contributed by atoms with Gasteiger partial charge in [0.05, 0.1) is 6.42 Å². The van der Waals surface area contributed by atoms with Crippen molar-refractivity contribution in [2.24, 2.45) is 0 Å². The van der Waals surface area contributed by atoms with Crippen LogP contribution in [0.1, 0.15) is 31.2 Å². The van der Waals surface area contributed by atoms with Crippen LogP contribution in [0.25, 0.3) is 0 Å². The molecule has 114 valence electrons. The van der Waals surface area contributed by atoms with Crippen LogP contribution in [0.2, 0.25) is 5.02 Å². The fraction of sp³-hybridized carbons (Fsp3) is 0.467. The second kappa shape index (κ2) is 7.31. The van der Waals surface area contributed by atoms with Crippen molar-refractivity contribution in [3.63, 3.8) is 0 Å². The highest BCUT2D eigenvalue weighted by atomic mass is 35.5. The number of benzene rings is 1. The lowest BCUT2D eigenvalue weighted by Crippen LogP contribution is -2.49. The first-order valence-electron chi connectivity index (χ1n) is 7.07. The van der Waals surface area contributed by atoms with Crippen molar-refractivity contribution in [2.45, 2.75) is 38.3 Å². The number of hydrogen-bond donors (Lipinski definition) is 2. The number of carbonyl (C=O) groups is 2. The normalized spacial score (nSPS) is 18.3. The number of carboxylic acid groups (broad SMARTS) is 1. The molecule has 0 saturated carbocycles. The van der Waals surface area contributed by atoms with E-state index in [4.69, 9.17) is 16.7 Å². The van der Waals surface area contributed by atoms with E-state index in [1.54, 1.807) is 11.0 Å². The molecule has 1 fully saturated rings. The van der Waals surface area contributed by atoms with Crippen LogP contribution in [0.3, 0.4) is 0 Å². The van der Waals surface area contributed by atoms with Crippen LogP contribution in [0.15, 0.2) is 24.3 Å². The predicted molar refractivity (Wildman–Crippen MR) is 80.3 cm³/mol. The molecule has 2 rings (SSSR count). The van der Waals surface area contributed by atoms with Gasteiger partial charge in [0.2, 0.25) is 0 Å². The monoisotopic (exact) mass is 310 g/mol. The smallest absolute Gasteiger partial charge is 0.317 e. The number of hydrogen-bond acceptors (Lipinski definition) is 2. The van der Waals surface area contributed by atoms with Crippen molar-refractivity contribution in [3.05, 3.63) is 34.9 Å². The van der Waals surface area contributed by atoms with Crippen molar-refractivity contribution in [1.82, 2.24) is 10.2 Å². The van der Waals surface area contributed by atoms with Gasteiger partial charge >= 0.3 is 12.0 Å². The molecular formula is C15H19ClN2O3. The molecule has 0 radical (unpaired) electrons. The zero-order valence-electron chi connectivity index (χ0n) is 11.7. The minimum Gasteiger partial charge on any atom is -0.481 e. The summed E-state index contributed by atoms with van der Waals surface area (Å²) in [4.78, 5) is 24.8. The number of rotatable bonds is 4. The van der Waals surface area contributed by atoms with Gasteiger partial charge in [-0.25, -0.2) is 4.79 Å². The van der Waals surface area contributed by atoms with E-state index in [1.807, 2.05) is 18.2 Å². The fourth-order valence-corrected chi connectivity index (χ4v) is 2.80. The molecule has 1 aromatic carbocycles. The molecule has 5 nitrogen and oxygen atoms in total. The van der Waals surface area contributed by atoms with Crippen molar-refractivity contribution < 1.29 is 14.7 Å². The molecule has 0 aromatic heterocycles. The average molecular weight is 311 g/mol. The minimum atomic E-state index is -0.870. The molecule has 1 aliphatic heterocycles. The number of aliphatic carboxylic acids is 1. The summed E-state index contributed by atoms with van der Waals surface area (Å²) in [7, 11) is 0. The van der Waals surface area contributed by atoms with Gasteiger partial charge in [-0.3, -0.25) is 4.79 Å². The van der Waals surface area contributed by atoms with Crippen molar-refractivity contribution in [3.8, 4) is 0 Å². The zero-order chi connectivity index (χ0) is 15.2. The van der Waals surface area contributed by atoms with Gasteiger partial charge in [0.1, 0.15) is 0 Å². The first-order valence-corrected chi connectivity index (χ1v) is 7.45. The van der Waals surface area contributed by atoms with Crippen molar-refractivity contribution in [2.75, 3.05) is 6.54 Å². The Kier molecular flexibility index (Phi) is 5.44. The maximum Gasteiger partial charge on any atom is 0.317 e. The Bertz CT molecular complexity index is 521. The van der Waals surface area contributed by atoms with Gasteiger partial charge in [-0.05, 0) is 30.9 Å². The van der Waals surface area contributed by atoms with Crippen LogP contribution in [-0.4, -0.2) is 34.6 Å². The van der Waals surface area contributed by atoms with E-state index in [0.717, 1.165) is 24.8 Å². The summed E-state index contributed by atoms with van der Waals surface area (Å²) < 4.78 is 0. The number of piperidine rings is 1. The predicted octanol–water partition coefficient (Wildman–Crippen LogP) is 2.88. The third-order valence-corrected chi connectivity index (χ3v) is 4.05. The summed E-state index contributed by atoms with van der Waals surface area (Å²) in [6.07, 6.45) is 2.62. The molecule has 2 N–H and O–H groups in total. The van der Waals surface area contributed by atoms with E-state index < -0.39 is 5.97 Å². The van der Waals surface area contributed by atoms with Crippen LogP contribution >= 0.6 is 11.6 Å². The molecule has 1 aromatic rings. The Balaban J connectivity index is 1.94. The lowest BCUT2D eigenvalue weighted by atomic mass is 10.00. The number of nitrogens with zero attached hydrogens (tertiary/aromatic N) is 1. The van der Waals surface area contributed by atoms with E-state index in [-0.39, 0.29) is 18.5 Å². The highest BCUT2D eigenvalue weighted by Gasteiger charge is 2.28. The number of nitrogens with one attached hydrogen (secondary N) is 1. The zero-order valence-corrected chi connectivity index (χ0v) is 12.5. The number of carbonyl (C=O) groups excluding carboxylic acids is 1. The van der Waals surface area contributed by atoms with Gasteiger partial charge in [-0.15, -0.1) is 0 Å². The Morgan fingerprint density at radius 3 is 2.81 bits per heavy atom. The lowest BCUT2D eigenvalue weighted by Gasteiger charge is -2.35. The summed E-state index contributed by atoms with van der Waals surface area (Å²) in [5.74, 6) is -0.870. The van der Waals surface area contributed by atoms with E-state index in [1.165, 1.54) is 0 Å². The Morgan fingerprint density at radius 2 is 2.10 bits per heavy atom. The van der Waals surface area contributed by atoms with Crippen LogP contribution in [0.4, 0.5) is 4.79 Å². The van der Waals surface area contributed by atoms with Gasteiger partial charge < -0.3 is 15.3 Å². The molecule has 0 bridgehead atoms. The molecule has 1 saturated heterocycles. The maximum atomic E-state index is 12.3. The first-order chi connectivity index (χ1) is 10.1. The number of amides is 2. The third kappa shape index (κ3) is 4.36. The first kappa shape index (κ1) is 15.6. The number of likely N-dealkylation sites (tertiary alicyclic amines) is 1. The third-order valence-electron chi connectivity index (χ3n) is 3.69. The number of carboxylic acids is 1. The molecule has 6 heteroatoms. The van der Waals surface area contributed by atoms with Gasteiger partial charge in [-0.1, -0.05) is 29.8 Å². The van der Waals surface area contributed by atoms with Crippen LogP contribution in [0, 0.1) is 0 Å². The average Bonchev–Trinajstić information content (AvgIpc) is 2.46. The molecular weight excluding hydrogens is 292 g/mol. The molecule has 2 amide bonds. The van der Waals surface area contributed by atoms with Crippen LogP contribution in [-0.2, 0) is 11.3 Å². The van der Waals surface area contributed by atoms with E-state index >= 15 is 0 Å². The van der Waals surface area contributed by atoms with Crippen molar-refractivity contribution in [1.29, 1.82) is 0 Å². The second-order valence-corrected chi connectivity index (χ2v) is 5.60. The SMILES string of the molecule is O=C(O)CC1CCCCN1C(=O)NCc1ccccc1Cl. The van der Waals surface area contributed by atoms with E-state index in [9.17, 15) is 9.59 Å². The lowest BCUT2D eigenvalue weighted by molar-refractivity contribution is -0.138. The standard InChI is InChI=1S/C15H19ClN2O3/c16-13-7-2-1-5-11(13)10-17-15(21)18-8-4-3-6-12(18)9-14(19)20/h1-2,5,7,12H,3-4,6,8-10H2,(H,17,21)(H,19,20). The van der Waals surface area contributed by atoms with E-state index in [0.29, 0.717) is 18.1 Å². The highest BCUT2D eigenvalue weighted by Crippen LogP contribution is 2.20. The van der Waals surface area contributed by atoms with Crippen LogP contribution in [0.5, 0.6) is 0 Å². The summed E-state index contributed by atoms with van der Waals surface area (Å²) in [5.41, 5.74) is 0.847. The molecule has 21 heavy (non-hydrogen) atoms. The number of urea groups is 1. The topological polar surface area (TPSA) is 69.6 Å². The Labute approximate surface area is 128 Å². The van der Waals surface area contributed by atoms with Crippen molar-refractivity contribution >= 4 is 23.6 Å². The second-order valence-electron chi connectivity index (χ2n) is 5.19. The Morgan fingerprint density at radius 1 is 1.33 bits per heavy atom. The quantitative estimate of drug-likeness (QED) is 0.898. The van der Waals surface area contributed by atoms with Gasteiger partial charge in [0, 0.05) is 24.2 Å². The molecule has 1 aliphatic rings. The summed E-state index contributed by atoms with van der Waals surface area (Å²) in [5, 5.41) is 12.4. The fourth-order valence-electron chi connectivity index (χ4n) is 2.60.